The number of rotatable bonds is 4. The topological polar surface area (TPSA) is 81.4 Å². The third kappa shape index (κ3) is 3.71. The smallest absolute Gasteiger partial charge is 0.237 e. The fourth-order valence-corrected chi connectivity index (χ4v) is 3.69. The first kappa shape index (κ1) is 15.3. The van der Waals surface area contributed by atoms with Gasteiger partial charge in [0.15, 0.2) is 0 Å². The third-order valence-electron chi connectivity index (χ3n) is 3.18. The molecule has 1 aliphatic rings. The molecule has 3 unspecified atom stereocenters. The Kier molecular flexibility index (Phi) is 5.01. The molecule has 0 spiro atoms. The van der Waals surface area contributed by atoms with Gasteiger partial charge in [-0.1, -0.05) is 11.6 Å². The molecule has 110 valence electrons. The van der Waals surface area contributed by atoms with Crippen LogP contribution in [-0.4, -0.2) is 33.8 Å². The number of amides is 1. The molecule has 3 atom stereocenters. The Balaban J connectivity index is 1.95. The minimum atomic E-state index is -1.25. The molecule has 3 N–H and O–H groups in total. The van der Waals surface area contributed by atoms with Crippen molar-refractivity contribution in [2.45, 2.75) is 24.7 Å². The van der Waals surface area contributed by atoms with Crippen molar-refractivity contribution < 1.29 is 13.7 Å². The van der Waals surface area contributed by atoms with Gasteiger partial charge in [-0.3, -0.25) is 9.00 Å². The number of anilines is 2. The Bertz CT molecular complexity index is 538. The highest BCUT2D eigenvalue weighted by atomic mass is 35.5. The van der Waals surface area contributed by atoms with Crippen molar-refractivity contribution in [2.24, 2.45) is 0 Å². The van der Waals surface area contributed by atoms with Crippen molar-refractivity contribution in [3.05, 3.63) is 23.2 Å². The monoisotopic (exact) mass is 316 g/mol. The van der Waals surface area contributed by atoms with Crippen LogP contribution in [-0.2, 0) is 20.3 Å². The van der Waals surface area contributed by atoms with Gasteiger partial charge in [-0.25, -0.2) is 0 Å². The number of halogens is 1. The number of carbonyl (C=O) groups is 1. The number of ether oxygens (including phenoxy) is 1. The van der Waals surface area contributed by atoms with Crippen LogP contribution in [0.25, 0.3) is 0 Å². The van der Waals surface area contributed by atoms with E-state index in [0.29, 0.717) is 23.0 Å². The molecule has 1 aliphatic heterocycles. The van der Waals surface area contributed by atoms with Crippen LogP contribution in [0.15, 0.2) is 18.2 Å². The van der Waals surface area contributed by atoms with Crippen molar-refractivity contribution in [3.63, 3.8) is 0 Å². The van der Waals surface area contributed by atoms with E-state index in [1.165, 1.54) is 0 Å². The summed E-state index contributed by atoms with van der Waals surface area (Å²) in [5, 5.41) is 2.95. The van der Waals surface area contributed by atoms with Gasteiger partial charge >= 0.3 is 0 Å². The highest BCUT2D eigenvalue weighted by Gasteiger charge is 2.30. The first-order valence-corrected chi connectivity index (χ1v) is 8.07. The lowest BCUT2D eigenvalue weighted by Crippen LogP contribution is -2.30. The summed E-state index contributed by atoms with van der Waals surface area (Å²) in [6.45, 7) is 2.47. The zero-order chi connectivity index (χ0) is 14.7. The molecule has 1 heterocycles. The van der Waals surface area contributed by atoms with Crippen LogP contribution in [0.2, 0.25) is 5.02 Å². The summed E-state index contributed by atoms with van der Waals surface area (Å²) >= 11 is 5.96. The Morgan fingerprint density at radius 2 is 2.35 bits per heavy atom. The van der Waals surface area contributed by atoms with E-state index in [1.54, 1.807) is 18.2 Å². The number of hydrogen-bond acceptors (Lipinski definition) is 4. The third-order valence-corrected chi connectivity index (χ3v) is 5.35. The molecule has 1 aromatic carbocycles. The van der Waals surface area contributed by atoms with Crippen LogP contribution in [0, 0.1) is 0 Å². The van der Waals surface area contributed by atoms with E-state index in [0.717, 1.165) is 6.42 Å². The molecule has 1 aromatic rings. The molecule has 0 aliphatic carbocycles. The summed E-state index contributed by atoms with van der Waals surface area (Å²) in [5.74, 6) is -0.404. The lowest BCUT2D eigenvalue weighted by Gasteiger charge is -2.14. The number of carbonyl (C=O) groups excluding carboxylic acids is 1. The Hall–Kier alpha value is -1.11. The first-order chi connectivity index (χ1) is 9.47. The number of nitrogens with one attached hydrogen (secondary N) is 1. The predicted octanol–water partition coefficient (Wildman–Crippen LogP) is 1.79. The average molecular weight is 317 g/mol. The number of nitrogen functional groups attached to an aromatic ring is 1. The quantitative estimate of drug-likeness (QED) is 0.830. The largest absolute Gasteiger partial charge is 0.399 e. The number of nitrogens with two attached hydrogens (primary N) is 1. The Morgan fingerprint density at radius 1 is 1.60 bits per heavy atom. The van der Waals surface area contributed by atoms with Gasteiger partial charge in [-0.05, 0) is 31.5 Å². The maximum Gasteiger partial charge on any atom is 0.237 e. The van der Waals surface area contributed by atoms with Gasteiger partial charge in [-0.15, -0.1) is 0 Å². The van der Waals surface area contributed by atoms with Crippen LogP contribution in [0.3, 0.4) is 0 Å². The zero-order valence-electron chi connectivity index (χ0n) is 11.1. The number of benzene rings is 1. The van der Waals surface area contributed by atoms with Crippen molar-refractivity contribution in [1.82, 2.24) is 0 Å². The highest BCUT2D eigenvalue weighted by Crippen LogP contribution is 2.24. The Labute approximate surface area is 125 Å². The lowest BCUT2D eigenvalue weighted by atomic mass is 10.3. The van der Waals surface area contributed by atoms with Gasteiger partial charge in [0, 0.05) is 23.1 Å². The summed E-state index contributed by atoms with van der Waals surface area (Å²) in [6, 6.07) is 4.83. The first-order valence-electron chi connectivity index (χ1n) is 6.31. The molecule has 7 heteroatoms. The summed E-state index contributed by atoms with van der Waals surface area (Å²) in [7, 11) is -1.25. The summed E-state index contributed by atoms with van der Waals surface area (Å²) < 4.78 is 17.5. The molecule has 0 saturated carbocycles. The molecule has 20 heavy (non-hydrogen) atoms. The Morgan fingerprint density at radius 3 is 3.00 bits per heavy atom. The molecule has 0 aromatic heterocycles. The average Bonchev–Trinajstić information content (AvgIpc) is 2.80. The molecular formula is C13H17ClN2O3S. The van der Waals surface area contributed by atoms with E-state index in [-0.39, 0.29) is 23.0 Å². The zero-order valence-corrected chi connectivity index (χ0v) is 12.7. The number of hydrogen-bond donors (Lipinski definition) is 2. The fourth-order valence-electron chi connectivity index (χ4n) is 2.12. The SMILES string of the molecule is CC1OCCC1S(=O)CC(=O)Nc1cc(N)ccc1Cl. The van der Waals surface area contributed by atoms with Crippen LogP contribution in [0.5, 0.6) is 0 Å². The van der Waals surface area contributed by atoms with E-state index >= 15 is 0 Å². The van der Waals surface area contributed by atoms with Gasteiger partial charge in [0.2, 0.25) is 5.91 Å². The normalized spacial score (nSPS) is 23.5. The molecule has 1 fully saturated rings. The highest BCUT2D eigenvalue weighted by molar-refractivity contribution is 7.86. The van der Waals surface area contributed by atoms with Gasteiger partial charge < -0.3 is 15.8 Å². The van der Waals surface area contributed by atoms with E-state index in [2.05, 4.69) is 5.32 Å². The van der Waals surface area contributed by atoms with Gasteiger partial charge in [0.1, 0.15) is 5.75 Å². The molecular weight excluding hydrogens is 300 g/mol. The van der Waals surface area contributed by atoms with Crippen molar-refractivity contribution >= 4 is 39.7 Å². The van der Waals surface area contributed by atoms with Crippen molar-refractivity contribution in [1.29, 1.82) is 0 Å². The van der Waals surface area contributed by atoms with Crippen LogP contribution in [0.4, 0.5) is 11.4 Å². The molecule has 0 radical (unpaired) electrons. The van der Waals surface area contributed by atoms with Crippen LogP contribution in [0.1, 0.15) is 13.3 Å². The molecule has 1 saturated heterocycles. The van der Waals surface area contributed by atoms with Crippen molar-refractivity contribution in [3.8, 4) is 0 Å². The summed E-state index contributed by atoms with van der Waals surface area (Å²) in [5.41, 5.74) is 6.57. The second-order valence-electron chi connectivity index (χ2n) is 4.72. The minimum absolute atomic E-state index is 0.0660. The maximum absolute atomic E-state index is 12.1. The maximum atomic E-state index is 12.1. The lowest BCUT2D eigenvalue weighted by molar-refractivity contribution is -0.113. The van der Waals surface area contributed by atoms with E-state index in [9.17, 15) is 9.00 Å². The molecule has 2 rings (SSSR count). The summed E-state index contributed by atoms with van der Waals surface area (Å²) in [4.78, 5) is 11.9. The minimum Gasteiger partial charge on any atom is -0.399 e. The predicted molar refractivity (Wildman–Crippen MR) is 81.3 cm³/mol. The van der Waals surface area contributed by atoms with E-state index in [1.807, 2.05) is 6.92 Å². The second-order valence-corrected chi connectivity index (χ2v) is 6.78. The van der Waals surface area contributed by atoms with E-state index in [4.69, 9.17) is 22.1 Å². The molecule has 1 amide bonds. The molecule has 5 nitrogen and oxygen atoms in total. The van der Waals surface area contributed by atoms with Gasteiger partial charge in [0.25, 0.3) is 0 Å². The van der Waals surface area contributed by atoms with Gasteiger partial charge in [0.05, 0.1) is 22.1 Å². The standard InChI is InChI=1S/C13H17ClN2O3S/c1-8-12(4-5-19-8)20(18)7-13(17)16-11-6-9(15)2-3-10(11)14/h2-3,6,8,12H,4-5,7,15H2,1H3,(H,16,17). The second kappa shape index (κ2) is 6.56. The summed E-state index contributed by atoms with van der Waals surface area (Å²) in [6.07, 6.45) is 0.652. The molecule has 0 bridgehead atoms. The van der Waals surface area contributed by atoms with Crippen molar-refractivity contribution in [2.75, 3.05) is 23.4 Å². The fraction of sp³-hybridized carbons (Fsp3) is 0.462. The van der Waals surface area contributed by atoms with Crippen LogP contribution >= 0.6 is 11.6 Å². The van der Waals surface area contributed by atoms with Crippen LogP contribution < -0.4 is 11.1 Å². The van der Waals surface area contributed by atoms with Gasteiger partial charge in [-0.2, -0.15) is 0 Å². The van der Waals surface area contributed by atoms with E-state index < -0.39 is 10.8 Å².